The van der Waals surface area contributed by atoms with Crippen molar-refractivity contribution in [3.05, 3.63) is 48.8 Å². The Hall–Kier alpha value is -3.07. The van der Waals surface area contributed by atoms with Crippen LogP contribution in [0.25, 0.3) is 11.4 Å². The first-order valence-corrected chi connectivity index (χ1v) is 8.98. The van der Waals surface area contributed by atoms with E-state index in [-0.39, 0.29) is 18.6 Å². The van der Waals surface area contributed by atoms with E-state index in [0.29, 0.717) is 32.1 Å². The van der Waals surface area contributed by atoms with Gasteiger partial charge in [-0.1, -0.05) is 30.3 Å². The fraction of sp³-hybridized carbons (Fsp3) is 0.389. The molecule has 1 saturated heterocycles. The molecule has 140 valence electrons. The van der Waals surface area contributed by atoms with E-state index in [2.05, 4.69) is 20.5 Å². The van der Waals surface area contributed by atoms with Crippen LogP contribution >= 0.6 is 0 Å². The molecular formula is C18H21N7O2. The van der Waals surface area contributed by atoms with Gasteiger partial charge in [0.2, 0.25) is 11.7 Å². The predicted octanol–water partition coefficient (Wildman–Crippen LogP) is 0.854. The third kappa shape index (κ3) is 4.37. The van der Waals surface area contributed by atoms with Crippen molar-refractivity contribution in [3.8, 4) is 11.4 Å². The zero-order valence-corrected chi connectivity index (χ0v) is 14.9. The van der Waals surface area contributed by atoms with Crippen LogP contribution in [0.2, 0.25) is 0 Å². The summed E-state index contributed by atoms with van der Waals surface area (Å²) in [5, 5.41) is 16.6. The molecule has 0 saturated carbocycles. The summed E-state index contributed by atoms with van der Waals surface area (Å²) in [6, 6.07) is 11.5. The Morgan fingerprint density at radius 1 is 1.22 bits per heavy atom. The smallest absolute Gasteiger partial charge is 0.246 e. The lowest BCUT2D eigenvalue weighted by molar-refractivity contribution is -0.133. The minimum absolute atomic E-state index is 0.0389. The van der Waals surface area contributed by atoms with E-state index in [4.69, 9.17) is 4.74 Å². The molecule has 9 nitrogen and oxygen atoms in total. The van der Waals surface area contributed by atoms with Crippen molar-refractivity contribution in [2.24, 2.45) is 0 Å². The lowest BCUT2D eigenvalue weighted by Crippen LogP contribution is -2.40. The molecule has 0 N–H and O–H groups in total. The second-order valence-electron chi connectivity index (χ2n) is 6.42. The van der Waals surface area contributed by atoms with Crippen LogP contribution in [-0.2, 0) is 22.6 Å². The van der Waals surface area contributed by atoms with Gasteiger partial charge in [-0.2, -0.15) is 9.90 Å². The number of tetrazole rings is 1. The summed E-state index contributed by atoms with van der Waals surface area (Å²) in [4.78, 5) is 15.9. The van der Waals surface area contributed by atoms with Gasteiger partial charge >= 0.3 is 0 Å². The number of hydrogen-bond acceptors (Lipinski definition) is 6. The van der Waals surface area contributed by atoms with Crippen LogP contribution in [0, 0.1) is 0 Å². The molecule has 0 spiro atoms. The van der Waals surface area contributed by atoms with Crippen molar-refractivity contribution < 1.29 is 9.53 Å². The van der Waals surface area contributed by atoms with Crippen LogP contribution in [0.5, 0.6) is 0 Å². The topological polar surface area (TPSA) is 91.0 Å². The fourth-order valence-electron chi connectivity index (χ4n) is 3.08. The van der Waals surface area contributed by atoms with Gasteiger partial charge in [-0.05, 0) is 17.7 Å². The van der Waals surface area contributed by atoms with Gasteiger partial charge in [0.1, 0.15) is 6.54 Å². The normalized spacial score (nSPS) is 17.6. The largest absolute Gasteiger partial charge is 0.374 e. The van der Waals surface area contributed by atoms with Crippen LogP contribution in [-0.4, -0.2) is 66.6 Å². The number of aromatic nitrogens is 6. The molecule has 1 unspecified atom stereocenters. The molecule has 0 aliphatic carbocycles. The molecule has 1 aromatic carbocycles. The van der Waals surface area contributed by atoms with E-state index in [1.54, 1.807) is 6.20 Å². The maximum absolute atomic E-state index is 12.7. The number of ether oxygens (including phenoxy) is 1. The molecule has 0 bridgehead atoms. The van der Waals surface area contributed by atoms with Gasteiger partial charge in [0.05, 0.1) is 12.6 Å². The minimum Gasteiger partial charge on any atom is -0.374 e. The lowest BCUT2D eigenvalue weighted by atomic mass is 10.2. The third-order valence-electron chi connectivity index (χ3n) is 4.41. The van der Waals surface area contributed by atoms with Crippen molar-refractivity contribution in [1.29, 1.82) is 0 Å². The van der Waals surface area contributed by atoms with E-state index >= 15 is 0 Å². The molecular weight excluding hydrogens is 346 g/mol. The molecule has 27 heavy (non-hydrogen) atoms. The van der Waals surface area contributed by atoms with Crippen LogP contribution in [0.15, 0.2) is 48.8 Å². The van der Waals surface area contributed by atoms with Gasteiger partial charge in [0.25, 0.3) is 0 Å². The van der Waals surface area contributed by atoms with Crippen molar-refractivity contribution in [2.75, 3.05) is 19.7 Å². The standard InChI is InChI=1S/C18H21N7O2/c26-17(14-25-21-18(20-22-25)15-6-2-1-3-7-15)23-9-5-11-27-16(12-23)13-24-10-4-8-19-24/h1-4,6-8,10,16H,5,9,11-14H2. The molecule has 3 aromatic rings. The van der Waals surface area contributed by atoms with Gasteiger partial charge in [-0.15, -0.1) is 10.2 Å². The number of benzene rings is 1. The number of carbonyl (C=O) groups is 1. The van der Waals surface area contributed by atoms with E-state index in [1.165, 1.54) is 4.80 Å². The summed E-state index contributed by atoms with van der Waals surface area (Å²) in [6.45, 7) is 2.51. The second kappa shape index (κ2) is 8.09. The first kappa shape index (κ1) is 17.3. The lowest BCUT2D eigenvalue weighted by Gasteiger charge is -2.23. The zero-order valence-electron chi connectivity index (χ0n) is 14.9. The summed E-state index contributed by atoms with van der Waals surface area (Å²) >= 11 is 0. The van der Waals surface area contributed by atoms with Crippen LogP contribution in [0.3, 0.4) is 0 Å². The molecule has 1 atom stereocenters. The highest BCUT2D eigenvalue weighted by Gasteiger charge is 2.24. The molecule has 3 heterocycles. The van der Waals surface area contributed by atoms with Crippen molar-refractivity contribution in [2.45, 2.75) is 25.6 Å². The van der Waals surface area contributed by atoms with E-state index in [9.17, 15) is 4.79 Å². The highest BCUT2D eigenvalue weighted by Crippen LogP contribution is 2.12. The Balaban J connectivity index is 1.39. The Bertz CT molecular complexity index is 863. The molecule has 1 amide bonds. The average Bonchev–Trinajstić information content (AvgIpc) is 3.31. The van der Waals surface area contributed by atoms with E-state index in [1.807, 2.05) is 52.2 Å². The highest BCUT2D eigenvalue weighted by atomic mass is 16.5. The van der Waals surface area contributed by atoms with Gasteiger partial charge < -0.3 is 9.64 Å². The monoisotopic (exact) mass is 367 g/mol. The van der Waals surface area contributed by atoms with Crippen molar-refractivity contribution in [1.82, 2.24) is 34.9 Å². The molecule has 1 aliphatic heterocycles. The molecule has 9 heteroatoms. The molecule has 2 aromatic heterocycles. The first-order valence-electron chi connectivity index (χ1n) is 8.98. The third-order valence-corrected chi connectivity index (χ3v) is 4.41. The molecule has 1 aliphatic rings. The molecule has 1 fully saturated rings. The average molecular weight is 367 g/mol. The molecule has 0 radical (unpaired) electrons. The number of hydrogen-bond donors (Lipinski definition) is 0. The Morgan fingerprint density at radius 3 is 2.93 bits per heavy atom. The van der Waals surface area contributed by atoms with Gasteiger partial charge in [-0.3, -0.25) is 9.48 Å². The Kier molecular flexibility index (Phi) is 5.20. The molecule has 4 rings (SSSR count). The number of amides is 1. The summed E-state index contributed by atoms with van der Waals surface area (Å²) in [6.07, 6.45) is 4.35. The number of nitrogens with zero attached hydrogens (tertiary/aromatic N) is 7. The minimum atomic E-state index is -0.0834. The van der Waals surface area contributed by atoms with Crippen LogP contribution < -0.4 is 0 Å². The summed E-state index contributed by atoms with van der Waals surface area (Å²) in [7, 11) is 0. The quantitative estimate of drug-likeness (QED) is 0.664. The maximum atomic E-state index is 12.7. The SMILES string of the molecule is O=C(Cn1nnc(-c2ccccc2)n1)N1CCCOC(Cn2cccn2)C1. The van der Waals surface area contributed by atoms with Crippen molar-refractivity contribution in [3.63, 3.8) is 0 Å². The number of rotatable bonds is 5. The Morgan fingerprint density at radius 2 is 2.11 bits per heavy atom. The predicted molar refractivity (Wildman–Crippen MR) is 96.4 cm³/mol. The van der Waals surface area contributed by atoms with Crippen LogP contribution in [0.1, 0.15) is 6.42 Å². The van der Waals surface area contributed by atoms with E-state index in [0.717, 1.165) is 12.0 Å². The van der Waals surface area contributed by atoms with Gasteiger partial charge in [-0.25, -0.2) is 0 Å². The zero-order chi connectivity index (χ0) is 18.5. The van der Waals surface area contributed by atoms with Crippen molar-refractivity contribution >= 4 is 5.91 Å². The summed E-state index contributed by atoms with van der Waals surface area (Å²) in [5.74, 6) is 0.474. The fourth-order valence-corrected chi connectivity index (χ4v) is 3.08. The summed E-state index contributed by atoms with van der Waals surface area (Å²) < 4.78 is 7.69. The number of carbonyl (C=O) groups excluding carboxylic acids is 1. The van der Waals surface area contributed by atoms with E-state index < -0.39 is 0 Å². The van der Waals surface area contributed by atoms with Gasteiger partial charge in [0.15, 0.2) is 0 Å². The Labute approximate surface area is 156 Å². The second-order valence-corrected chi connectivity index (χ2v) is 6.42. The first-order chi connectivity index (χ1) is 13.3. The maximum Gasteiger partial charge on any atom is 0.246 e. The van der Waals surface area contributed by atoms with Gasteiger partial charge in [0, 0.05) is 37.7 Å². The summed E-state index contributed by atoms with van der Waals surface area (Å²) in [5.41, 5.74) is 0.874. The highest BCUT2D eigenvalue weighted by molar-refractivity contribution is 5.75. The van der Waals surface area contributed by atoms with Crippen LogP contribution in [0.4, 0.5) is 0 Å².